The first-order valence-electron chi connectivity index (χ1n) is 5.38. The summed E-state index contributed by atoms with van der Waals surface area (Å²) < 4.78 is 78.5. The highest BCUT2D eigenvalue weighted by atomic mass is 19.4. The highest BCUT2D eigenvalue weighted by molar-refractivity contribution is 5.67. The summed E-state index contributed by atoms with van der Waals surface area (Å²) in [5, 5.41) is 3.68. The molecule has 0 radical (unpaired) electrons. The average Bonchev–Trinajstić information content (AvgIpc) is 2.72. The molecule has 20 heavy (non-hydrogen) atoms. The van der Waals surface area contributed by atoms with E-state index >= 15 is 0 Å². The first-order chi connectivity index (χ1) is 9.12. The van der Waals surface area contributed by atoms with Gasteiger partial charge in [-0.15, -0.1) is 0 Å². The maximum atomic E-state index is 13.0. The molecule has 0 unspecified atom stereocenters. The molecule has 8 heteroatoms. The summed E-state index contributed by atoms with van der Waals surface area (Å²) in [5.41, 5.74) is -3.99. The third kappa shape index (κ3) is 2.50. The molecule has 2 aromatic rings. The van der Waals surface area contributed by atoms with Crippen LogP contribution in [0.4, 0.5) is 26.3 Å². The molecule has 0 bridgehead atoms. The summed E-state index contributed by atoms with van der Waals surface area (Å²) >= 11 is 0. The van der Waals surface area contributed by atoms with Crippen LogP contribution in [-0.2, 0) is 19.4 Å². The number of rotatable bonds is 1. The molecule has 0 aliphatic heterocycles. The van der Waals surface area contributed by atoms with Crippen molar-refractivity contribution in [1.29, 1.82) is 0 Å². The number of hydrogen-bond donors (Lipinski definition) is 0. The summed E-state index contributed by atoms with van der Waals surface area (Å²) in [6.07, 6.45) is -8.99. The zero-order chi connectivity index (χ0) is 15.1. The second kappa shape index (κ2) is 4.53. The Balaban J connectivity index is 2.80. The molecule has 0 saturated carbocycles. The smallest absolute Gasteiger partial charge is 0.268 e. The number of aromatic nitrogens is 2. The Morgan fingerprint density at radius 3 is 2.05 bits per heavy atom. The van der Waals surface area contributed by atoms with Crippen LogP contribution in [0.1, 0.15) is 11.1 Å². The minimum absolute atomic E-state index is 0.0385. The average molecular weight is 294 g/mol. The van der Waals surface area contributed by atoms with E-state index in [9.17, 15) is 26.3 Å². The van der Waals surface area contributed by atoms with Crippen LogP contribution in [0, 0.1) is 0 Å². The second-order valence-corrected chi connectivity index (χ2v) is 4.06. The van der Waals surface area contributed by atoms with Crippen molar-refractivity contribution >= 4 is 0 Å². The second-order valence-electron chi connectivity index (χ2n) is 4.06. The van der Waals surface area contributed by atoms with Gasteiger partial charge in [-0.05, 0) is 12.1 Å². The lowest BCUT2D eigenvalue weighted by Gasteiger charge is -2.19. The van der Waals surface area contributed by atoms with Crippen LogP contribution >= 0.6 is 0 Å². The molecular formula is C12H8F6N2. The van der Waals surface area contributed by atoms with Crippen LogP contribution < -0.4 is 0 Å². The Morgan fingerprint density at radius 1 is 0.950 bits per heavy atom. The number of halogens is 6. The van der Waals surface area contributed by atoms with Gasteiger partial charge < -0.3 is 0 Å². The summed E-state index contributed by atoms with van der Waals surface area (Å²) in [6, 6.07) is 3.59. The van der Waals surface area contributed by atoms with E-state index in [1.54, 1.807) is 0 Å². The van der Waals surface area contributed by atoms with Gasteiger partial charge in [0.25, 0.3) is 0 Å². The van der Waals surface area contributed by atoms with E-state index in [2.05, 4.69) is 5.10 Å². The molecule has 1 heterocycles. The largest absolute Gasteiger partial charge is 0.417 e. The fraction of sp³-hybridized carbons (Fsp3) is 0.250. The molecule has 0 aliphatic carbocycles. The summed E-state index contributed by atoms with van der Waals surface area (Å²) in [6.45, 7) is 0. The quantitative estimate of drug-likeness (QED) is 0.723. The number of nitrogens with zero attached hydrogens (tertiary/aromatic N) is 2. The first-order valence-corrected chi connectivity index (χ1v) is 5.38. The third-order valence-electron chi connectivity index (χ3n) is 2.75. The first kappa shape index (κ1) is 14.4. The van der Waals surface area contributed by atoms with Gasteiger partial charge in [0.15, 0.2) is 0 Å². The topological polar surface area (TPSA) is 17.8 Å². The molecule has 0 saturated heterocycles. The number of alkyl halides is 6. The molecule has 0 aliphatic rings. The molecule has 0 N–H and O–H groups in total. The van der Waals surface area contributed by atoms with Gasteiger partial charge in [-0.3, -0.25) is 4.68 Å². The van der Waals surface area contributed by atoms with Crippen LogP contribution in [0.25, 0.3) is 11.3 Å². The van der Waals surface area contributed by atoms with E-state index < -0.39 is 29.0 Å². The van der Waals surface area contributed by atoms with Gasteiger partial charge in [-0.1, -0.05) is 12.1 Å². The van der Waals surface area contributed by atoms with Crippen LogP contribution in [0.5, 0.6) is 0 Å². The van der Waals surface area contributed by atoms with Crippen molar-refractivity contribution in [2.45, 2.75) is 12.4 Å². The van der Waals surface area contributed by atoms with E-state index in [1.807, 2.05) is 0 Å². The van der Waals surface area contributed by atoms with Crippen molar-refractivity contribution in [3.05, 3.63) is 41.6 Å². The van der Waals surface area contributed by atoms with E-state index in [0.717, 1.165) is 16.8 Å². The van der Waals surface area contributed by atoms with Crippen molar-refractivity contribution in [3.8, 4) is 11.3 Å². The molecule has 0 fully saturated rings. The van der Waals surface area contributed by atoms with Gasteiger partial charge in [0.1, 0.15) is 0 Å². The van der Waals surface area contributed by atoms with Crippen molar-refractivity contribution in [2.75, 3.05) is 0 Å². The normalized spacial score (nSPS) is 12.8. The van der Waals surface area contributed by atoms with Crippen molar-refractivity contribution in [2.24, 2.45) is 7.05 Å². The van der Waals surface area contributed by atoms with Crippen LogP contribution in [-0.4, -0.2) is 9.78 Å². The zero-order valence-electron chi connectivity index (χ0n) is 10.0. The van der Waals surface area contributed by atoms with Crippen molar-refractivity contribution < 1.29 is 26.3 Å². The molecule has 0 spiro atoms. The third-order valence-corrected chi connectivity index (χ3v) is 2.75. The Labute approximate surface area is 109 Å². The maximum Gasteiger partial charge on any atom is 0.417 e. The molecule has 1 aromatic heterocycles. The van der Waals surface area contributed by atoms with Gasteiger partial charge in [0, 0.05) is 18.8 Å². The molecule has 108 valence electrons. The number of benzene rings is 1. The number of aryl methyl sites for hydroxylation is 1. The van der Waals surface area contributed by atoms with Gasteiger partial charge >= 0.3 is 12.4 Å². The maximum absolute atomic E-state index is 13.0. The van der Waals surface area contributed by atoms with Crippen LogP contribution in [0.2, 0.25) is 0 Å². The van der Waals surface area contributed by atoms with E-state index in [0.29, 0.717) is 6.07 Å². The molecule has 0 amide bonds. The monoisotopic (exact) mass is 294 g/mol. The SMILES string of the molecule is Cn1nccc1-c1cccc(C(F)(F)F)c1C(F)(F)F. The Kier molecular flexibility index (Phi) is 3.27. The van der Waals surface area contributed by atoms with E-state index in [4.69, 9.17) is 0 Å². The molecule has 0 atom stereocenters. The lowest BCUT2D eigenvalue weighted by Crippen LogP contribution is -2.18. The predicted molar refractivity (Wildman–Crippen MR) is 58.6 cm³/mol. The molecule has 2 nitrogen and oxygen atoms in total. The van der Waals surface area contributed by atoms with Crippen LogP contribution in [0.15, 0.2) is 30.5 Å². The van der Waals surface area contributed by atoms with E-state index in [1.165, 1.54) is 19.3 Å². The van der Waals surface area contributed by atoms with Gasteiger partial charge in [-0.2, -0.15) is 31.4 Å². The summed E-state index contributed by atoms with van der Waals surface area (Å²) in [4.78, 5) is 0. The zero-order valence-corrected chi connectivity index (χ0v) is 10.0. The van der Waals surface area contributed by atoms with Gasteiger partial charge in [0.2, 0.25) is 0 Å². The molecule has 2 rings (SSSR count). The Morgan fingerprint density at radius 2 is 1.60 bits per heavy atom. The lowest BCUT2D eigenvalue weighted by atomic mass is 9.97. The standard InChI is InChI=1S/C12H8F6N2/c1-20-9(5-6-19-20)7-3-2-4-8(11(13,14)15)10(7)12(16,17)18/h2-6H,1H3. The highest BCUT2D eigenvalue weighted by Crippen LogP contribution is 2.44. The predicted octanol–water partition coefficient (Wildman–Crippen LogP) is 4.12. The fourth-order valence-corrected chi connectivity index (χ4v) is 1.95. The highest BCUT2D eigenvalue weighted by Gasteiger charge is 2.45. The number of hydrogen-bond acceptors (Lipinski definition) is 1. The van der Waals surface area contributed by atoms with Crippen molar-refractivity contribution in [1.82, 2.24) is 9.78 Å². The molecule has 1 aromatic carbocycles. The van der Waals surface area contributed by atoms with Crippen molar-refractivity contribution in [3.63, 3.8) is 0 Å². The summed E-state index contributed by atoms with van der Waals surface area (Å²) in [5.74, 6) is 0. The van der Waals surface area contributed by atoms with Crippen LogP contribution in [0.3, 0.4) is 0 Å². The Hall–Kier alpha value is -1.99. The van der Waals surface area contributed by atoms with E-state index in [-0.39, 0.29) is 5.69 Å². The van der Waals surface area contributed by atoms with Gasteiger partial charge in [-0.25, -0.2) is 0 Å². The lowest BCUT2D eigenvalue weighted by molar-refractivity contribution is -0.161. The van der Waals surface area contributed by atoms with Gasteiger partial charge in [0.05, 0.1) is 16.8 Å². The molecular weight excluding hydrogens is 286 g/mol. The Bertz CT molecular complexity index is 624. The fourth-order valence-electron chi connectivity index (χ4n) is 1.95. The summed E-state index contributed by atoms with van der Waals surface area (Å²) in [7, 11) is 1.36. The minimum atomic E-state index is -5.12. The minimum Gasteiger partial charge on any atom is -0.268 e.